The molecular formula is C10H12ClN. The number of nitrogens with two attached hydrogens (primary N) is 1. The first-order valence-electron chi connectivity index (χ1n) is 4.23. The Labute approximate surface area is 77.5 Å². The summed E-state index contributed by atoms with van der Waals surface area (Å²) in [6.45, 7) is 2.07. The highest BCUT2D eigenvalue weighted by atomic mass is 35.5. The average Bonchev–Trinajstić information content (AvgIpc) is 2.31. The van der Waals surface area contributed by atoms with Crippen molar-refractivity contribution in [1.29, 1.82) is 0 Å². The zero-order valence-electron chi connectivity index (χ0n) is 7.10. The van der Waals surface area contributed by atoms with E-state index in [9.17, 15) is 0 Å². The number of hydrogen-bond acceptors (Lipinski definition) is 1. The highest BCUT2D eigenvalue weighted by Crippen LogP contribution is 2.35. The molecule has 0 amide bonds. The van der Waals surface area contributed by atoms with Crippen LogP contribution in [0.2, 0.25) is 5.02 Å². The fraction of sp³-hybridized carbons (Fsp3) is 0.400. The molecule has 0 radical (unpaired) electrons. The third-order valence-corrected chi connectivity index (χ3v) is 2.77. The molecule has 0 fully saturated rings. The number of hydrogen-bond donors (Lipinski definition) is 1. The normalized spacial score (nSPS) is 21.1. The summed E-state index contributed by atoms with van der Waals surface area (Å²) in [6.07, 6.45) is 2.12. The molecule has 64 valence electrons. The van der Waals surface area contributed by atoms with Crippen molar-refractivity contribution < 1.29 is 0 Å². The zero-order valence-corrected chi connectivity index (χ0v) is 7.86. The summed E-state index contributed by atoms with van der Waals surface area (Å²) in [5, 5.41) is 0.843. The van der Waals surface area contributed by atoms with Crippen molar-refractivity contribution in [1.82, 2.24) is 0 Å². The predicted molar refractivity (Wildman–Crippen MR) is 51.4 cm³/mol. The Balaban J connectivity index is 2.60. The molecule has 2 rings (SSSR count). The van der Waals surface area contributed by atoms with Crippen molar-refractivity contribution in [2.75, 3.05) is 0 Å². The van der Waals surface area contributed by atoms with Crippen molar-refractivity contribution in [3.8, 4) is 0 Å². The van der Waals surface area contributed by atoms with Crippen LogP contribution in [0.3, 0.4) is 0 Å². The van der Waals surface area contributed by atoms with E-state index in [0.717, 1.165) is 17.9 Å². The lowest BCUT2D eigenvalue weighted by Crippen LogP contribution is -2.05. The van der Waals surface area contributed by atoms with Gasteiger partial charge in [-0.15, -0.1) is 0 Å². The summed E-state index contributed by atoms with van der Waals surface area (Å²) >= 11 is 6.09. The Morgan fingerprint density at radius 1 is 1.50 bits per heavy atom. The van der Waals surface area contributed by atoms with Crippen LogP contribution in [0.15, 0.2) is 12.1 Å². The molecule has 1 aromatic carbocycles. The van der Waals surface area contributed by atoms with Crippen LogP contribution in [-0.4, -0.2) is 0 Å². The van der Waals surface area contributed by atoms with Crippen molar-refractivity contribution in [3.05, 3.63) is 33.8 Å². The second-order valence-electron chi connectivity index (χ2n) is 3.46. The molecule has 0 saturated heterocycles. The Kier molecular flexibility index (Phi) is 1.85. The van der Waals surface area contributed by atoms with Crippen LogP contribution in [0, 0.1) is 6.92 Å². The lowest BCUT2D eigenvalue weighted by atomic mass is 10.1. The third kappa shape index (κ3) is 1.13. The highest BCUT2D eigenvalue weighted by Gasteiger charge is 2.21. The topological polar surface area (TPSA) is 26.0 Å². The van der Waals surface area contributed by atoms with E-state index < -0.39 is 0 Å². The fourth-order valence-corrected chi connectivity index (χ4v) is 2.34. The molecule has 0 spiro atoms. The van der Waals surface area contributed by atoms with Gasteiger partial charge in [0, 0.05) is 11.1 Å². The number of benzene rings is 1. The number of rotatable bonds is 0. The standard InChI is InChI=1S/C10H12ClN/c1-6-4-7-2-3-9(12)10(7)8(11)5-6/h4-5,9H,2-3,12H2,1H3/t9-/m1/s1. The van der Waals surface area contributed by atoms with Gasteiger partial charge in [-0.3, -0.25) is 0 Å². The molecule has 2 N–H and O–H groups in total. The van der Waals surface area contributed by atoms with Crippen LogP contribution in [0.25, 0.3) is 0 Å². The molecule has 0 saturated carbocycles. The number of fused-ring (bicyclic) bond motifs is 1. The Hall–Kier alpha value is -0.530. The average molecular weight is 182 g/mol. The minimum Gasteiger partial charge on any atom is -0.324 e. The predicted octanol–water partition coefficient (Wildman–Crippen LogP) is 2.59. The second kappa shape index (κ2) is 2.75. The zero-order chi connectivity index (χ0) is 8.72. The summed E-state index contributed by atoms with van der Waals surface area (Å²) < 4.78 is 0. The highest BCUT2D eigenvalue weighted by molar-refractivity contribution is 6.31. The first-order valence-corrected chi connectivity index (χ1v) is 4.61. The minimum atomic E-state index is 0.160. The summed E-state index contributed by atoms with van der Waals surface area (Å²) in [6, 6.07) is 4.34. The molecule has 1 aliphatic carbocycles. The van der Waals surface area contributed by atoms with Gasteiger partial charge in [0.1, 0.15) is 0 Å². The van der Waals surface area contributed by atoms with Gasteiger partial charge in [-0.2, -0.15) is 0 Å². The molecule has 0 bridgehead atoms. The molecule has 12 heavy (non-hydrogen) atoms. The Morgan fingerprint density at radius 3 is 3.00 bits per heavy atom. The third-order valence-electron chi connectivity index (χ3n) is 2.46. The van der Waals surface area contributed by atoms with E-state index >= 15 is 0 Å². The molecule has 0 aromatic heterocycles. The molecule has 1 aliphatic rings. The fourth-order valence-electron chi connectivity index (χ4n) is 1.90. The Morgan fingerprint density at radius 2 is 2.25 bits per heavy atom. The monoisotopic (exact) mass is 181 g/mol. The summed E-state index contributed by atoms with van der Waals surface area (Å²) in [4.78, 5) is 0. The van der Waals surface area contributed by atoms with E-state index in [1.54, 1.807) is 0 Å². The lowest BCUT2D eigenvalue weighted by Gasteiger charge is -2.07. The number of aryl methyl sites for hydroxylation is 2. The van der Waals surface area contributed by atoms with Crippen molar-refractivity contribution in [2.24, 2.45) is 5.73 Å². The van der Waals surface area contributed by atoms with Gasteiger partial charge in [0.2, 0.25) is 0 Å². The molecule has 0 heterocycles. The molecule has 0 aliphatic heterocycles. The van der Waals surface area contributed by atoms with Gasteiger partial charge in [0.05, 0.1) is 0 Å². The maximum Gasteiger partial charge on any atom is 0.0459 e. The van der Waals surface area contributed by atoms with Gasteiger partial charge >= 0.3 is 0 Å². The molecule has 0 unspecified atom stereocenters. The van der Waals surface area contributed by atoms with E-state index in [1.807, 2.05) is 6.07 Å². The van der Waals surface area contributed by atoms with Gasteiger partial charge in [-0.1, -0.05) is 17.7 Å². The van der Waals surface area contributed by atoms with Crippen LogP contribution in [0.1, 0.15) is 29.2 Å². The smallest absolute Gasteiger partial charge is 0.0459 e. The maximum atomic E-state index is 6.09. The van der Waals surface area contributed by atoms with E-state index in [4.69, 9.17) is 17.3 Å². The maximum absolute atomic E-state index is 6.09. The van der Waals surface area contributed by atoms with Crippen molar-refractivity contribution in [3.63, 3.8) is 0 Å². The van der Waals surface area contributed by atoms with Gasteiger partial charge in [-0.25, -0.2) is 0 Å². The summed E-state index contributed by atoms with van der Waals surface area (Å²) in [5.74, 6) is 0. The van der Waals surface area contributed by atoms with Gasteiger partial charge in [0.25, 0.3) is 0 Å². The van der Waals surface area contributed by atoms with Crippen molar-refractivity contribution in [2.45, 2.75) is 25.8 Å². The SMILES string of the molecule is Cc1cc(Cl)c2c(c1)CC[C@H]2N. The van der Waals surface area contributed by atoms with Crippen LogP contribution < -0.4 is 5.73 Å². The molecule has 2 heteroatoms. The second-order valence-corrected chi connectivity index (χ2v) is 3.87. The van der Waals surface area contributed by atoms with E-state index in [1.165, 1.54) is 16.7 Å². The van der Waals surface area contributed by atoms with E-state index in [-0.39, 0.29) is 6.04 Å². The molecule has 1 nitrogen and oxygen atoms in total. The van der Waals surface area contributed by atoms with Crippen molar-refractivity contribution >= 4 is 11.6 Å². The lowest BCUT2D eigenvalue weighted by molar-refractivity contribution is 0.713. The first kappa shape index (κ1) is 8.09. The van der Waals surface area contributed by atoms with Gasteiger partial charge in [0.15, 0.2) is 0 Å². The minimum absolute atomic E-state index is 0.160. The summed E-state index contributed by atoms with van der Waals surface area (Å²) in [5.41, 5.74) is 9.65. The Bertz CT molecular complexity index is 320. The largest absolute Gasteiger partial charge is 0.324 e. The number of halogens is 1. The van der Waals surface area contributed by atoms with Gasteiger partial charge in [-0.05, 0) is 42.5 Å². The quantitative estimate of drug-likeness (QED) is 0.654. The van der Waals surface area contributed by atoms with Crippen LogP contribution in [-0.2, 0) is 6.42 Å². The first-order chi connectivity index (χ1) is 5.68. The van der Waals surface area contributed by atoms with Crippen LogP contribution in [0.5, 0.6) is 0 Å². The van der Waals surface area contributed by atoms with E-state index in [0.29, 0.717) is 0 Å². The van der Waals surface area contributed by atoms with E-state index in [2.05, 4.69) is 13.0 Å². The van der Waals surface area contributed by atoms with Crippen LogP contribution >= 0.6 is 11.6 Å². The summed E-state index contributed by atoms with van der Waals surface area (Å²) in [7, 11) is 0. The van der Waals surface area contributed by atoms with Gasteiger partial charge < -0.3 is 5.73 Å². The molecule has 1 atom stereocenters. The van der Waals surface area contributed by atoms with Crippen LogP contribution in [0.4, 0.5) is 0 Å². The molecule has 1 aromatic rings. The molecular weight excluding hydrogens is 170 g/mol.